The molecule has 2 unspecified atom stereocenters. The highest BCUT2D eigenvalue weighted by molar-refractivity contribution is 5.78. The largest absolute Gasteiger partial charge is 0.356 e. The van der Waals surface area contributed by atoms with Gasteiger partial charge in [0.25, 0.3) is 0 Å². The molecule has 1 aliphatic rings. The average Bonchev–Trinajstić information content (AvgIpc) is 2.17. The summed E-state index contributed by atoms with van der Waals surface area (Å²) in [6, 6.07) is 0. The monoisotopic (exact) mass is 214 g/mol. The molecular weight excluding hydrogens is 188 g/mol. The molecule has 0 aromatic carbocycles. The van der Waals surface area contributed by atoms with Gasteiger partial charge < -0.3 is 10.2 Å². The van der Waals surface area contributed by atoms with E-state index in [1.54, 1.807) is 0 Å². The van der Waals surface area contributed by atoms with Crippen molar-refractivity contribution < 1.29 is 6.22 Å². The average molecular weight is 214 g/mol. The number of nitrogens with zero attached hydrogens (tertiary/aromatic N) is 1. The van der Waals surface area contributed by atoms with Crippen molar-refractivity contribution in [2.24, 2.45) is 11.8 Å². The molecule has 0 spiro atoms. The van der Waals surface area contributed by atoms with Gasteiger partial charge in [-0.15, -0.1) is 0 Å². The Balaban J connectivity index is 0.00000225. The number of hydrogen-bond donors (Lipinski definition) is 1. The van der Waals surface area contributed by atoms with Gasteiger partial charge in [-0.25, -0.2) is 0 Å². The molecule has 3 heteroatoms. The van der Waals surface area contributed by atoms with Crippen molar-refractivity contribution in [3.63, 3.8) is 0 Å². The molecule has 0 radical (unpaired) electrons. The fraction of sp³-hybridized carbons (Fsp3) is 0.917. The Labute approximate surface area is 94.7 Å². The first-order chi connectivity index (χ1) is 7.17. The summed E-state index contributed by atoms with van der Waals surface area (Å²) in [6.45, 7) is 7.02. The van der Waals surface area contributed by atoms with Crippen LogP contribution in [0.15, 0.2) is 0 Å². The topological polar surface area (TPSA) is 32.3 Å². The Hall–Kier alpha value is -0.570. The predicted octanol–water partition coefficient (Wildman–Crippen LogP) is 1.74. The Morgan fingerprint density at radius 3 is 2.80 bits per heavy atom. The maximum atomic E-state index is 11.8. The number of piperidine rings is 1. The number of hydrogen-bond acceptors (Lipinski definition) is 2. The van der Waals surface area contributed by atoms with Crippen molar-refractivity contribution in [2.45, 2.75) is 33.1 Å². The van der Waals surface area contributed by atoms with E-state index in [2.05, 4.69) is 24.2 Å². The van der Waals surface area contributed by atoms with Crippen molar-refractivity contribution in [3.8, 4) is 0 Å². The third-order valence-electron chi connectivity index (χ3n) is 3.14. The van der Waals surface area contributed by atoms with Gasteiger partial charge in [0.05, 0.1) is 5.92 Å². The standard InChI is InChI=1S/C12H24N2O.H2/c1-4-6-10-7-11(9-14(3)8-10)12(15)13-5-2;/h10-11H,4-9H2,1-3H3,(H,13,15);1H. The maximum Gasteiger partial charge on any atom is 0.224 e. The number of likely N-dealkylation sites (tertiary alicyclic amines) is 1. The number of amides is 1. The quantitative estimate of drug-likeness (QED) is 0.773. The molecule has 0 aliphatic carbocycles. The van der Waals surface area contributed by atoms with Crippen LogP contribution in [0.25, 0.3) is 0 Å². The third kappa shape index (κ3) is 3.82. The molecule has 1 N–H and O–H groups in total. The highest BCUT2D eigenvalue weighted by atomic mass is 16.1. The lowest BCUT2D eigenvalue weighted by Gasteiger charge is -2.34. The van der Waals surface area contributed by atoms with E-state index in [1.165, 1.54) is 12.8 Å². The van der Waals surface area contributed by atoms with Crippen molar-refractivity contribution in [2.75, 3.05) is 26.7 Å². The summed E-state index contributed by atoms with van der Waals surface area (Å²) < 4.78 is 0. The predicted molar refractivity (Wildman–Crippen MR) is 64.8 cm³/mol. The van der Waals surface area contributed by atoms with Crippen LogP contribution in [-0.2, 0) is 4.79 Å². The zero-order valence-corrected chi connectivity index (χ0v) is 10.3. The summed E-state index contributed by atoms with van der Waals surface area (Å²) >= 11 is 0. The minimum atomic E-state index is 0. The van der Waals surface area contributed by atoms with Crippen LogP contribution in [0.5, 0.6) is 0 Å². The molecule has 0 aromatic heterocycles. The molecule has 15 heavy (non-hydrogen) atoms. The van der Waals surface area contributed by atoms with Crippen LogP contribution < -0.4 is 5.32 Å². The van der Waals surface area contributed by atoms with Gasteiger partial charge in [0.1, 0.15) is 0 Å². The van der Waals surface area contributed by atoms with Gasteiger partial charge in [0.15, 0.2) is 0 Å². The zero-order valence-electron chi connectivity index (χ0n) is 10.3. The zero-order chi connectivity index (χ0) is 11.3. The van der Waals surface area contributed by atoms with E-state index in [0.717, 1.165) is 26.1 Å². The highest BCUT2D eigenvalue weighted by Gasteiger charge is 2.28. The highest BCUT2D eigenvalue weighted by Crippen LogP contribution is 2.24. The van der Waals surface area contributed by atoms with Crippen molar-refractivity contribution in [3.05, 3.63) is 0 Å². The number of carbonyl (C=O) groups is 1. The molecule has 2 atom stereocenters. The first-order valence-electron chi connectivity index (χ1n) is 6.13. The summed E-state index contributed by atoms with van der Waals surface area (Å²) in [5.41, 5.74) is 0. The second-order valence-corrected chi connectivity index (χ2v) is 4.70. The van der Waals surface area contributed by atoms with E-state index in [1.807, 2.05) is 6.92 Å². The van der Waals surface area contributed by atoms with Crippen LogP contribution in [-0.4, -0.2) is 37.5 Å². The minimum Gasteiger partial charge on any atom is -0.356 e. The number of carbonyl (C=O) groups excluding carboxylic acids is 1. The van der Waals surface area contributed by atoms with E-state index >= 15 is 0 Å². The van der Waals surface area contributed by atoms with Crippen LogP contribution in [0.3, 0.4) is 0 Å². The fourth-order valence-corrected chi connectivity index (χ4v) is 2.57. The van der Waals surface area contributed by atoms with Gasteiger partial charge in [0, 0.05) is 21.1 Å². The molecule has 3 nitrogen and oxygen atoms in total. The summed E-state index contributed by atoms with van der Waals surface area (Å²) in [4.78, 5) is 14.1. The van der Waals surface area contributed by atoms with E-state index in [0.29, 0.717) is 5.92 Å². The van der Waals surface area contributed by atoms with E-state index in [4.69, 9.17) is 0 Å². The minimum absolute atomic E-state index is 0. The second kappa shape index (κ2) is 6.11. The van der Waals surface area contributed by atoms with Crippen LogP contribution in [0.4, 0.5) is 0 Å². The molecule has 0 bridgehead atoms. The summed E-state index contributed by atoms with van der Waals surface area (Å²) in [5.74, 6) is 1.16. The van der Waals surface area contributed by atoms with E-state index in [-0.39, 0.29) is 13.3 Å². The van der Waals surface area contributed by atoms with Crippen molar-refractivity contribution >= 4 is 5.91 Å². The van der Waals surface area contributed by atoms with E-state index < -0.39 is 0 Å². The molecular formula is C12H26N2O. The lowest BCUT2D eigenvalue weighted by Crippen LogP contribution is -2.44. The molecule has 1 heterocycles. The second-order valence-electron chi connectivity index (χ2n) is 4.70. The summed E-state index contributed by atoms with van der Waals surface area (Å²) in [5, 5.41) is 2.93. The SMILES string of the molecule is CCCC1CC(C(=O)NCC)CN(C)C1.[HH]. The fourth-order valence-electron chi connectivity index (χ4n) is 2.57. The van der Waals surface area contributed by atoms with Crippen molar-refractivity contribution in [1.29, 1.82) is 0 Å². The van der Waals surface area contributed by atoms with Crippen molar-refractivity contribution in [1.82, 2.24) is 10.2 Å². The lowest BCUT2D eigenvalue weighted by atomic mass is 9.86. The maximum absolute atomic E-state index is 11.8. The molecule has 0 saturated carbocycles. The molecule has 1 rings (SSSR count). The third-order valence-corrected chi connectivity index (χ3v) is 3.14. The molecule has 1 aliphatic heterocycles. The summed E-state index contributed by atoms with van der Waals surface area (Å²) in [6.07, 6.45) is 3.55. The lowest BCUT2D eigenvalue weighted by molar-refractivity contribution is -0.127. The van der Waals surface area contributed by atoms with E-state index in [9.17, 15) is 4.79 Å². The molecule has 1 fully saturated rings. The molecule has 1 amide bonds. The van der Waals surface area contributed by atoms with Gasteiger partial charge in [-0.3, -0.25) is 4.79 Å². The molecule has 1 saturated heterocycles. The first kappa shape index (κ1) is 12.5. The molecule has 0 aromatic rings. The van der Waals surface area contributed by atoms with Crippen LogP contribution in [0.2, 0.25) is 0 Å². The first-order valence-corrected chi connectivity index (χ1v) is 6.13. The number of nitrogens with one attached hydrogen (secondary N) is 1. The van der Waals surface area contributed by atoms with Crippen LogP contribution in [0, 0.1) is 11.8 Å². The Kier molecular flexibility index (Phi) is 5.09. The van der Waals surface area contributed by atoms with Crippen LogP contribution in [0.1, 0.15) is 34.5 Å². The molecule has 90 valence electrons. The van der Waals surface area contributed by atoms with Crippen LogP contribution >= 0.6 is 0 Å². The van der Waals surface area contributed by atoms with Gasteiger partial charge >= 0.3 is 0 Å². The summed E-state index contributed by atoms with van der Waals surface area (Å²) in [7, 11) is 2.12. The normalized spacial score (nSPS) is 27.7. The Morgan fingerprint density at radius 1 is 1.47 bits per heavy atom. The van der Waals surface area contributed by atoms with Gasteiger partial charge in [-0.2, -0.15) is 0 Å². The van der Waals surface area contributed by atoms with Gasteiger partial charge in [-0.1, -0.05) is 13.3 Å². The van der Waals surface area contributed by atoms with Gasteiger partial charge in [-0.05, 0) is 32.7 Å². The number of rotatable bonds is 4. The smallest absolute Gasteiger partial charge is 0.224 e. The Bertz CT molecular complexity index is 211. The Morgan fingerprint density at radius 2 is 2.20 bits per heavy atom. The van der Waals surface area contributed by atoms with Gasteiger partial charge in [0.2, 0.25) is 5.91 Å².